The molecule has 2 atom stereocenters. The van der Waals surface area contributed by atoms with Crippen LogP contribution in [0.2, 0.25) is 0 Å². The number of rotatable bonds is 3. The van der Waals surface area contributed by atoms with Crippen LogP contribution in [0.4, 0.5) is 0 Å². The fourth-order valence-electron chi connectivity index (χ4n) is 2.77. The number of carboxylic acid groups (broad SMARTS) is 1. The summed E-state index contributed by atoms with van der Waals surface area (Å²) < 4.78 is 0. The van der Waals surface area contributed by atoms with Crippen LogP contribution >= 0.6 is 0 Å². The van der Waals surface area contributed by atoms with E-state index in [2.05, 4.69) is 10.3 Å². The number of carboxylic acids is 1. The summed E-state index contributed by atoms with van der Waals surface area (Å²) in [4.78, 5) is 37.9. The Balaban J connectivity index is 2.16. The molecule has 0 aliphatic heterocycles. The minimum Gasteiger partial charge on any atom is -0.481 e. The highest BCUT2D eigenvalue weighted by Crippen LogP contribution is 2.24. The number of aromatic amines is 1. The van der Waals surface area contributed by atoms with Gasteiger partial charge in [-0.25, -0.2) is 0 Å². The molecule has 1 aliphatic carbocycles. The van der Waals surface area contributed by atoms with E-state index in [4.69, 9.17) is 0 Å². The van der Waals surface area contributed by atoms with Crippen molar-refractivity contribution in [2.75, 3.05) is 0 Å². The predicted octanol–water partition coefficient (Wildman–Crippen LogP) is 1.45. The maximum atomic E-state index is 12.2. The summed E-state index contributed by atoms with van der Waals surface area (Å²) >= 11 is 0. The third-order valence-electron chi connectivity index (χ3n) is 3.95. The Kier molecular flexibility index (Phi) is 4.77. The van der Waals surface area contributed by atoms with Crippen molar-refractivity contribution in [2.45, 2.75) is 45.1 Å². The molecule has 6 heteroatoms. The van der Waals surface area contributed by atoms with E-state index in [0.29, 0.717) is 18.5 Å². The standard InChI is InChI=1S/C15H20N2O4/c1-9-7-8-11(13(18)16-9)14(19)17-12-6-4-2-3-5-10(12)15(20)21/h7-8,10,12H,2-6H2,1H3,(H,16,18)(H,17,19)(H,20,21). The molecule has 1 aromatic rings. The molecule has 1 amide bonds. The van der Waals surface area contributed by atoms with Crippen LogP contribution in [-0.4, -0.2) is 28.0 Å². The van der Waals surface area contributed by atoms with Crippen molar-refractivity contribution < 1.29 is 14.7 Å². The first-order valence-electron chi connectivity index (χ1n) is 7.22. The van der Waals surface area contributed by atoms with Gasteiger partial charge in [-0.05, 0) is 31.9 Å². The van der Waals surface area contributed by atoms with E-state index < -0.39 is 29.4 Å². The number of hydrogen-bond donors (Lipinski definition) is 3. The highest BCUT2D eigenvalue weighted by Gasteiger charge is 2.31. The third-order valence-corrected chi connectivity index (χ3v) is 3.95. The zero-order chi connectivity index (χ0) is 15.4. The average Bonchev–Trinajstić information content (AvgIpc) is 2.63. The smallest absolute Gasteiger partial charge is 0.308 e. The Labute approximate surface area is 122 Å². The molecule has 0 radical (unpaired) electrons. The van der Waals surface area contributed by atoms with Gasteiger partial charge in [0.1, 0.15) is 5.56 Å². The van der Waals surface area contributed by atoms with Crippen molar-refractivity contribution in [3.63, 3.8) is 0 Å². The van der Waals surface area contributed by atoms with Gasteiger partial charge in [-0.1, -0.05) is 19.3 Å². The van der Waals surface area contributed by atoms with Crippen LogP contribution in [0.3, 0.4) is 0 Å². The molecule has 1 heterocycles. The minimum atomic E-state index is -0.889. The van der Waals surface area contributed by atoms with Crippen LogP contribution in [0.15, 0.2) is 16.9 Å². The molecule has 0 saturated heterocycles. The van der Waals surface area contributed by atoms with Crippen LogP contribution in [0.25, 0.3) is 0 Å². The molecule has 2 rings (SSSR count). The van der Waals surface area contributed by atoms with E-state index in [1.807, 2.05) is 0 Å². The Morgan fingerprint density at radius 3 is 2.62 bits per heavy atom. The van der Waals surface area contributed by atoms with Gasteiger partial charge in [0, 0.05) is 11.7 Å². The van der Waals surface area contributed by atoms with E-state index in [1.54, 1.807) is 13.0 Å². The molecule has 6 nitrogen and oxygen atoms in total. The number of carbonyl (C=O) groups is 2. The van der Waals surface area contributed by atoms with Crippen molar-refractivity contribution in [3.05, 3.63) is 33.7 Å². The molecule has 2 unspecified atom stereocenters. The number of aryl methyl sites for hydroxylation is 1. The van der Waals surface area contributed by atoms with Crippen LogP contribution in [0.5, 0.6) is 0 Å². The Bertz CT molecular complexity index is 594. The van der Waals surface area contributed by atoms with Crippen molar-refractivity contribution in [3.8, 4) is 0 Å². The maximum absolute atomic E-state index is 12.2. The molecule has 114 valence electrons. The van der Waals surface area contributed by atoms with Crippen molar-refractivity contribution >= 4 is 11.9 Å². The zero-order valence-corrected chi connectivity index (χ0v) is 12.0. The molecular formula is C15H20N2O4. The fraction of sp³-hybridized carbons (Fsp3) is 0.533. The van der Waals surface area contributed by atoms with Crippen molar-refractivity contribution in [1.29, 1.82) is 0 Å². The van der Waals surface area contributed by atoms with Gasteiger partial charge < -0.3 is 15.4 Å². The van der Waals surface area contributed by atoms with Gasteiger partial charge in [-0.15, -0.1) is 0 Å². The second kappa shape index (κ2) is 6.56. The minimum absolute atomic E-state index is 0.0222. The molecule has 1 aromatic heterocycles. The summed E-state index contributed by atoms with van der Waals surface area (Å²) in [5.74, 6) is -1.98. The second-order valence-corrected chi connectivity index (χ2v) is 5.55. The quantitative estimate of drug-likeness (QED) is 0.734. The SMILES string of the molecule is Cc1ccc(C(=O)NC2CCCCCC2C(=O)O)c(=O)[nH]1. The number of aliphatic carboxylic acids is 1. The Morgan fingerprint density at radius 1 is 1.24 bits per heavy atom. The second-order valence-electron chi connectivity index (χ2n) is 5.55. The summed E-state index contributed by atoms with van der Waals surface area (Å²) in [6, 6.07) is 2.70. The maximum Gasteiger partial charge on any atom is 0.308 e. The zero-order valence-electron chi connectivity index (χ0n) is 12.0. The first-order valence-corrected chi connectivity index (χ1v) is 7.22. The fourth-order valence-corrected chi connectivity index (χ4v) is 2.77. The van der Waals surface area contributed by atoms with Gasteiger partial charge in [0.25, 0.3) is 11.5 Å². The number of pyridine rings is 1. The highest BCUT2D eigenvalue weighted by molar-refractivity contribution is 5.94. The number of aromatic nitrogens is 1. The largest absolute Gasteiger partial charge is 0.481 e. The molecule has 1 aliphatic rings. The molecular weight excluding hydrogens is 272 g/mol. The molecule has 3 N–H and O–H groups in total. The van der Waals surface area contributed by atoms with Crippen LogP contribution in [0, 0.1) is 12.8 Å². The van der Waals surface area contributed by atoms with E-state index in [0.717, 1.165) is 19.3 Å². The van der Waals surface area contributed by atoms with E-state index in [1.165, 1.54) is 6.07 Å². The lowest BCUT2D eigenvalue weighted by atomic mass is 9.94. The summed E-state index contributed by atoms with van der Waals surface area (Å²) in [5.41, 5.74) is 0.247. The third kappa shape index (κ3) is 3.71. The summed E-state index contributed by atoms with van der Waals surface area (Å²) in [6.45, 7) is 1.73. The van der Waals surface area contributed by atoms with Crippen molar-refractivity contribution in [1.82, 2.24) is 10.3 Å². The number of hydrogen-bond acceptors (Lipinski definition) is 3. The number of carbonyl (C=O) groups excluding carboxylic acids is 1. The van der Waals surface area contributed by atoms with Gasteiger partial charge in [-0.3, -0.25) is 14.4 Å². The van der Waals surface area contributed by atoms with E-state index in [-0.39, 0.29) is 5.56 Å². The van der Waals surface area contributed by atoms with Gasteiger partial charge in [0.2, 0.25) is 0 Å². The predicted molar refractivity (Wildman–Crippen MR) is 77.3 cm³/mol. The lowest BCUT2D eigenvalue weighted by Gasteiger charge is -2.22. The molecule has 1 fully saturated rings. The van der Waals surface area contributed by atoms with E-state index in [9.17, 15) is 19.5 Å². The summed E-state index contributed by atoms with van der Waals surface area (Å²) in [6.07, 6.45) is 3.91. The molecule has 21 heavy (non-hydrogen) atoms. The van der Waals surface area contributed by atoms with Crippen molar-refractivity contribution in [2.24, 2.45) is 5.92 Å². The lowest BCUT2D eigenvalue weighted by molar-refractivity contribution is -0.142. The highest BCUT2D eigenvalue weighted by atomic mass is 16.4. The normalized spacial score (nSPS) is 22.3. The number of amides is 1. The Hall–Kier alpha value is -2.11. The van der Waals surface area contributed by atoms with E-state index >= 15 is 0 Å². The monoisotopic (exact) mass is 292 g/mol. The van der Waals surface area contributed by atoms with Crippen LogP contribution in [-0.2, 0) is 4.79 Å². The number of H-pyrrole nitrogens is 1. The topological polar surface area (TPSA) is 99.3 Å². The summed E-state index contributed by atoms with van der Waals surface area (Å²) in [7, 11) is 0. The first kappa shape index (κ1) is 15.3. The molecule has 0 spiro atoms. The number of nitrogens with one attached hydrogen (secondary N) is 2. The molecule has 1 saturated carbocycles. The summed E-state index contributed by atoms with van der Waals surface area (Å²) in [5, 5.41) is 12.0. The average molecular weight is 292 g/mol. The lowest BCUT2D eigenvalue weighted by Crippen LogP contribution is -2.44. The first-order chi connectivity index (χ1) is 9.99. The van der Waals surface area contributed by atoms with Crippen LogP contribution < -0.4 is 10.9 Å². The van der Waals surface area contributed by atoms with Gasteiger partial charge in [0.15, 0.2) is 0 Å². The van der Waals surface area contributed by atoms with Gasteiger partial charge >= 0.3 is 5.97 Å². The molecule has 0 bridgehead atoms. The van der Waals surface area contributed by atoms with Crippen LogP contribution in [0.1, 0.15) is 48.2 Å². The Morgan fingerprint density at radius 2 is 1.95 bits per heavy atom. The van der Waals surface area contributed by atoms with Gasteiger partial charge in [0.05, 0.1) is 5.92 Å². The molecule has 0 aromatic carbocycles. The van der Waals surface area contributed by atoms with Gasteiger partial charge in [-0.2, -0.15) is 0 Å².